The fraction of sp³-hybridized carbons (Fsp3) is 0.625. The zero-order valence-electron chi connectivity index (χ0n) is 11.3. The van der Waals surface area contributed by atoms with Gasteiger partial charge in [-0.15, -0.1) is 11.8 Å². The van der Waals surface area contributed by atoms with Gasteiger partial charge >= 0.3 is 0 Å². The van der Waals surface area contributed by atoms with E-state index >= 15 is 0 Å². The van der Waals surface area contributed by atoms with Crippen LogP contribution < -0.4 is 0 Å². The highest BCUT2D eigenvalue weighted by Crippen LogP contribution is 2.46. The third-order valence-corrected chi connectivity index (χ3v) is 5.81. The van der Waals surface area contributed by atoms with E-state index in [0.717, 1.165) is 19.3 Å². The summed E-state index contributed by atoms with van der Waals surface area (Å²) in [5.41, 5.74) is 0.0119. The third-order valence-electron chi connectivity index (χ3n) is 4.36. The lowest BCUT2D eigenvalue weighted by atomic mass is 9.79. The Morgan fingerprint density at radius 1 is 1.11 bits per heavy atom. The first-order valence-corrected chi connectivity index (χ1v) is 8.20. The molecule has 1 aromatic rings. The van der Waals surface area contributed by atoms with Crippen molar-refractivity contribution in [2.75, 3.05) is 6.61 Å². The van der Waals surface area contributed by atoms with Gasteiger partial charge in [0.2, 0.25) is 0 Å². The molecule has 2 aliphatic rings. The van der Waals surface area contributed by atoms with Crippen molar-refractivity contribution in [1.82, 2.24) is 0 Å². The molecule has 3 rings (SSSR count). The second-order valence-corrected chi connectivity index (χ2v) is 7.02. The molecule has 1 heterocycles. The van der Waals surface area contributed by atoms with Gasteiger partial charge < -0.3 is 9.84 Å². The topological polar surface area (TPSA) is 29.5 Å². The predicted octanol–water partition coefficient (Wildman–Crippen LogP) is 3.63. The maximum Gasteiger partial charge on any atom is 0.0806 e. The third kappa shape index (κ3) is 2.99. The molecule has 19 heavy (non-hydrogen) atoms. The van der Waals surface area contributed by atoms with Crippen molar-refractivity contribution in [3.05, 3.63) is 30.3 Å². The molecule has 1 saturated heterocycles. The summed E-state index contributed by atoms with van der Waals surface area (Å²) < 4.78 is 6.13. The summed E-state index contributed by atoms with van der Waals surface area (Å²) in [5, 5.41) is 10.3. The first-order valence-electron chi connectivity index (χ1n) is 7.32. The number of ether oxygens (including phenoxy) is 1. The van der Waals surface area contributed by atoms with Gasteiger partial charge in [0.1, 0.15) is 0 Å². The molecular formula is C16H22O2S. The number of aliphatic hydroxyl groups excluding tert-OH is 1. The highest BCUT2D eigenvalue weighted by molar-refractivity contribution is 8.00. The van der Waals surface area contributed by atoms with E-state index in [-0.39, 0.29) is 11.7 Å². The lowest BCUT2D eigenvalue weighted by molar-refractivity contribution is -0.134. The average Bonchev–Trinajstić information content (AvgIpc) is 2.46. The van der Waals surface area contributed by atoms with Crippen molar-refractivity contribution in [1.29, 1.82) is 0 Å². The minimum atomic E-state index is -0.297. The van der Waals surface area contributed by atoms with E-state index in [1.165, 1.54) is 24.2 Å². The van der Waals surface area contributed by atoms with Crippen LogP contribution in [0.25, 0.3) is 0 Å². The summed E-state index contributed by atoms with van der Waals surface area (Å²) in [4.78, 5) is 1.29. The zero-order valence-corrected chi connectivity index (χ0v) is 12.1. The molecule has 1 aliphatic carbocycles. The maximum atomic E-state index is 9.93. The number of benzene rings is 1. The zero-order chi connectivity index (χ0) is 13.1. The largest absolute Gasteiger partial charge is 0.391 e. The van der Waals surface area contributed by atoms with Crippen molar-refractivity contribution in [3.63, 3.8) is 0 Å². The first-order chi connectivity index (χ1) is 9.28. The smallest absolute Gasteiger partial charge is 0.0806 e. The molecule has 2 nitrogen and oxygen atoms in total. The van der Waals surface area contributed by atoms with Gasteiger partial charge in [-0.25, -0.2) is 0 Å². The highest BCUT2D eigenvalue weighted by atomic mass is 32.2. The summed E-state index contributed by atoms with van der Waals surface area (Å²) in [5.74, 6) is 0. The molecule has 0 bridgehead atoms. The maximum absolute atomic E-state index is 9.93. The van der Waals surface area contributed by atoms with Crippen LogP contribution in [0, 0.1) is 0 Å². The normalized spacial score (nSPS) is 30.4. The van der Waals surface area contributed by atoms with Gasteiger partial charge in [0.25, 0.3) is 0 Å². The van der Waals surface area contributed by atoms with Crippen molar-refractivity contribution >= 4 is 11.8 Å². The van der Waals surface area contributed by atoms with Crippen molar-refractivity contribution in [2.24, 2.45) is 0 Å². The summed E-state index contributed by atoms with van der Waals surface area (Å²) in [6, 6.07) is 10.5. The average molecular weight is 278 g/mol. The Morgan fingerprint density at radius 3 is 2.58 bits per heavy atom. The fourth-order valence-electron chi connectivity index (χ4n) is 3.32. The molecule has 3 heteroatoms. The molecule has 1 spiro atoms. The van der Waals surface area contributed by atoms with Gasteiger partial charge in [-0.2, -0.15) is 0 Å². The SMILES string of the molecule is O[C@H]1COC2(CCCCC2)[C@H](Sc2ccccc2)C1. The van der Waals surface area contributed by atoms with Crippen LogP contribution in [0.3, 0.4) is 0 Å². The summed E-state index contributed by atoms with van der Waals surface area (Å²) in [7, 11) is 0. The summed E-state index contributed by atoms with van der Waals surface area (Å²) >= 11 is 1.89. The standard InChI is InChI=1S/C16H22O2S/c17-13-11-15(19-14-7-3-1-4-8-14)16(18-12-13)9-5-2-6-10-16/h1,3-4,7-8,13,15,17H,2,5-6,9-12H2/t13-,15-/m1/s1. The Balaban J connectivity index is 1.78. The van der Waals surface area contributed by atoms with E-state index in [2.05, 4.69) is 24.3 Å². The molecule has 0 unspecified atom stereocenters. The minimum Gasteiger partial charge on any atom is -0.391 e. The Labute approximate surface area is 119 Å². The lowest BCUT2D eigenvalue weighted by Crippen LogP contribution is -2.51. The highest BCUT2D eigenvalue weighted by Gasteiger charge is 2.45. The van der Waals surface area contributed by atoms with Crippen LogP contribution >= 0.6 is 11.8 Å². The first kappa shape index (κ1) is 13.5. The van der Waals surface area contributed by atoms with Crippen LogP contribution in [0.5, 0.6) is 0 Å². The van der Waals surface area contributed by atoms with E-state index in [4.69, 9.17) is 4.74 Å². The van der Waals surface area contributed by atoms with Crippen molar-refractivity contribution in [3.8, 4) is 0 Å². The molecule has 1 aliphatic heterocycles. The summed E-state index contributed by atoms with van der Waals surface area (Å²) in [6.07, 6.45) is 6.74. The monoisotopic (exact) mass is 278 g/mol. The van der Waals surface area contributed by atoms with Crippen LogP contribution in [0.2, 0.25) is 0 Å². The second-order valence-electron chi connectivity index (χ2n) is 5.75. The molecule has 0 aromatic heterocycles. The Kier molecular flexibility index (Phi) is 4.15. The van der Waals surface area contributed by atoms with E-state index in [1.807, 2.05) is 17.8 Å². The molecule has 2 fully saturated rings. The van der Waals surface area contributed by atoms with E-state index in [1.54, 1.807) is 0 Å². The Morgan fingerprint density at radius 2 is 1.84 bits per heavy atom. The van der Waals surface area contributed by atoms with Crippen molar-refractivity contribution < 1.29 is 9.84 Å². The van der Waals surface area contributed by atoms with Crippen LogP contribution in [0.1, 0.15) is 38.5 Å². The fourth-order valence-corrected chi connectivity index (χ4v) is 4.80. The molecule has 1 aromatic carbocycles. The number of hydrogen-bond donors (Lipinski definition) is 1. The number of rotatable bonds is 2. The molecular weight excluding hydrogens is 256 g/mol. The van der Waals surface area contributed by atoms with Crippen LogP contribution in [0.15, 0.2) is 35.2 Å². The van der Waals surface area contributed by atoms with E-state index in [0.29, 0.717) is 11.9 Å². The van der Waals surface area contributed by atoms with Gasteiger partial charge in [-0.05, 0) is 31.4 Å². The molecule has 0 amide bonds. The van der Waals surface area contributed by atoms with Crippen LogP contribution in [-0.2, 0) is 4.74 Å². The number of hydrogen-bond acceptors (Lipinski definition) is 3. The Bertz CT molecular complexity index is 400. The van der Waals surface area contributed by atoms with Crippen molar-refractivity contribution in [2.45, 2.75) is 60.4 Å². The second kappa shape index (κ2) is 5.86. The summed E-state index contributed by atoms with van der Waals surface area (Å²) in [6.45, 7) is 0.520. The molecule has 0 radical (unpaired) electrons. The Hall–Kier alpha value is -0.510. The van der Waals surface area contributed by atoms with E-state index < -0.39 is 0 Å². The van der Waals surface area contributed by atoms with E-state index in [9.17, 15) is 5.11 Å². The quantitative estimate of drug-likeness (QED) is 0.895. The van der Waals surface area contributed by atoms with Gasteiger partial charge in [0.15, 0.2) is 0 Å². The van der Waals surface area contributed by atoms with Crippen LogP contribution in [-0.4, -0.2) is 28.7 Å². The molecule has 2 atom stereocenters. The predicted molar refractivity (Wildman–Crippen MR) is 78.5 cm³/mol. The van der Waals surface area contributed by atoms with Gasteiger partial charge in [-0.3, -0.25) is 0 Å². The van der Waals surface area contributed by atoms with Gasteiger partial charge in [0, 0.05) is 10.1 Å². The molecule has 1 saturated carbocycles. The number of aliphatic hydroxyl groups is 1. The number of thioether (sulfide) groups is 1. The van der Waals surface area contributed by atoms with Gasteiger partial charge in [-0.1, -0.05) is 37.5 Å². The molecule has 1 N–H and O–H groups in total. The van der Waals surface area contributed by atoms with Gasteiger partial charge in [0.05, 0.1) is 18.3 Å². The molecule has 104 valence electrons. The minimum absolute atomic E-state index is 0.0119. The lowest BCUT2D eigenvalue weighted by Gasteiger charge is -2.47. The van der Waals surface area contributed by atoms with Crippen LogP contribution in [0.4, 0.5) is 0 Å².